The third-order valence-electron chi connectivity index (χ3n) is 17.9. The first-order chi connectivity index (χ1) is 45.4. The third kappa shape index (κ3) is 22.3. The second-order valence-corrected chi connectivity index (χ2v) is 28.7. The number of aryl methyl sites for hydroxylation is 2. The van der Waals surface area contributed by atoms with Gasteiger partial charge in [0.2, 0.25) is 23.6 Å². The number of rotatable bonds is 19. The van der Waals surface area contributed by atoms with Crippen molar-refractivity contribution in [2.24, 2.45) is 0 Å². The summed E-state index contributed by atoms with van der Waals surface area (Å²) >= 11 is 3.47. The van der Waals surface area contributed by atoms with Crippen LogP contribution in [0.4, 0.5) is 15.3 Å². The number of halogens is 1. The number of fused-ring (bicyclic) bond motifs is 2. The molecule has 4 saturated heterocycles. The van der Waals surface area contributed by atoms with Gasteiger partial charge in [0.15, 0.2) is 0 Å². The number of hydrogen-bond donors (Lipinski definition) is 3. The molecule has 6 aromatic rings. The fraction of sp³-hybridized carbons (Fsp3) is 0.568. The summed E-state index contributed by atoms with van der Waals surface area (Å²) in [6.07, 6.45) is 8.69. The maximum absolute atomic E-state index is 13.9. The van der Waals surface area contributed by atoms with E-state index in [9.17, 15) is 28.8 Å². The third-order valence-corrected chi connectivity index (χ3v) is 18.4. The maximum atomic E-state index is 13.9. The summed E-state index contributed by atoms with van der Waals surface area (Å²) in [4.78, 5) is 95.5. The molecular formula is C74H105BrN12O8. The summed E-state index contributed by atoms with van der Waals surface area (Å²) in [6, 6.07) is 32.1. The van der Waals surface area contributed by atoms with Crippen molar-refractivity contribution >= 4 is 79.5 Å². The minimum atomic E-state index is -0.643. The maximum Gasteiger partial charge on any atom is 0.407 e. The molecule has 516 valence electrons. The molecule has 6 heterocycles. The molecule has 2 aromatic heterocycles. The van der Waals surface area contributed by atoms with Crippen molar-refractivity contribution in [2.75, 3.05) is 83.4 Å². The largest absolute Gasteiger partial charge is 0.444 e. The van der Waals surface area contributed by atoms with Crippen molar-refractivity contribution in [3.63, 3.8) is 0 Å². The average molecular weight is 1370 g/mol. The predicted octanol–water partition coefficient (Wildman–Crippen LogP) is 12.0. The predicted molar refractivity (Wildman–Crippen MR) is 380 cm³/mol. The molecule has 4 atom stereocenters. The standard InChI is InChI=1S/C37H52N6O4.C31H41BrN4O3.C6H12N2O/c1-6-7-19-43-33-13-9-8-12-32(33)39-35(43)29-11-10-18-42(26-29)34(45)25-30(38-36(46)47-37(3,4)5)24-28-14-16-31(17-15-28)41-22-20-40(21-23-41)27(2)44;1-5-6-18-36-27-12-8-7-11-26(27)34-29(36)23-10-9-17-35(21-23)28(37)20-25(33-30(38)39-31(2,3)4)19-22-13-15-24(32)16-14-22;1-6(9)8-4-2-7-3-5-8/h8-9,12-17,29-30H,6-7,10-11,18-26H2,1-5H3,(H,38,46);7-8,11-16,23,25H,5-6,9-10,17-21H2,1-4H3,(H,33,38);7H,2-5H2,1H3/t29-,30-;23-,25-;/m11./s1. The number of ether oxygens (including phenoxy) is 2. The number of benzene rings is 4. The lowest BCUT2D eigenvalue weighted by molar-refractivity contribution is -0.133. The lowest BCUT2D eigenvalue weighted by Crippen LogP contribution is -2.48. The van der Waals surface area contributed by atoms with Crippen LogP contribution in [-0.2, 0) is 54.6 Å². The van der Waals surface area contributed by atoms with E-state index in [1.807, 2.05) is 97.5 Å². The average Bonchev–Trinajstić information content (AvgIpc) is 1.66. The van der Waals surface area contributed by atoms with Gasteiger partial charge >= 0.3 is 12.2 Å². The van der Waals surface area contributed by atoms with Gasteiger partial charge in [0.05, 0.1) is 22.1 Å². The number of aromatic nitrogens is 4. The van der Waals surface area contributed by atoms with Crippen LogP contribution in [-0.4, -0.2) is 176 Å². The molecule has 95 heavy (non-hydrogen) atoms. The number of piperazine rings is 2. The van der Waals surface area contributed by atoms with Crippen LogP contribution in [0.5, 0.6) is 0 Å². The Morgan fingerprint density at radius 1 is 0.547 bits per heavy atom. The first kappa shape index (κ1) is 73.3. The van der Waals surface area contributed by atoms with Crippen molar-refractivity contribution in [1.29, 1.82) is 0 Å². The van der Waals surface area contributed by atoms with Gasteiger partial charge in [-0.1, -0.05) is 91.1 Å². The molecule has 0 spiro atoms. The molecule has 4 fully saturated rings. The highest BCUT2D eigenvalue weighted by molar-refractivity contribution is 9.10. The Kier molecular flexibility index (Phi) is 27.0. The van der Waals surface area contributed by atoms with E-state index >= 15 is 0 Å². The number of carbonyl (C=O) groups is 6. The molecule has 21 heteroatoms. The van der Waals surface area contributed by atoms with Crippen LogP contribution in [0.2, 0.25) is 0 Å². The number of hydrogen-bond acceptors (Lipinski definition) is 12. The van der Waals surface area contributed by atoms with Crippen molar-refractivity contribution in [1.82, 2.24) is 54.7 Å². The monoisotopic (exact) mass is 1370 g/mol. The van der Waals surface area contributed by atoms with E-state index in [0.717, 1.165) is 173 Å². The lowest BCUT2D eigenvalue weighted by Gasteiger charge is -2.35. The fourth-order valence-corrected chi connectivity index (χ4v) is 13.3. The van der Waals surface area contributed by atoms with Gasteiger partial charge in [-0.15, -0.1) is 0 Å². The number of imidazole rings is 2. The van der Waals surface area contributed by atoms with Crippen LogP contribution in [0, 0.1) is 0 Å². The number of amides is 6. The summed E-state index contributed by atoms with van der Waals surface area (Å²) in [5, 5.41) is 9.14. The fourth-order valence-electron chi connectivity index (χ4n) is 13.0. The molecule has 6 amide bonds. The van der Waals surface area contributed by atoms with Gasteiger partial charge in [0.25, 0.3) is 0 Å². The second-order valence-electron chi connectivity index (χ2n) is 27.8. The second kappa shape index (κ2) is 34.9. The Balaban J connectivity index is 0.000000217. The lowest BCUT2D eigenvalue weighted by atomic mass is 9.95. The number of anilines is 1. The zero-order chi connectivity index (χ0) is 68.2. The SMILES string of the molecule is CC(=O)N1CCNCC1.CCCCn1c([C@@H]2CCCN(C(=O)C[C@@H](Cc3ccc(Br)cc3)NC(=O)OC(C)(C)C)C2)nc2ccccc21.CCCCn1c([C@@H]2CCCN(C(=O)C[C@@H](Cc3ccc(N4CCN(C(C)=O)CC4)cc3)NC(=O)OC(C)(C)C)C2)nc2ccccc21. The van der Waals surface area contributed by atoms with Crippen LogP contribution in [0.25, 0.3) is 22.1 Å². The van der Waals surface area contributed by atoms with E-state index in [1.165, 1.54) is 5.52 Å². The first-order valence-electron chi connectivity index (χ1n) is 34.7. The summed E-state index contributed by atoms with van der Waals surface area (Å²) < 4.78 is 16.8. The summed E-state index contributed by atoms with van der Waals surface area (Å²) in [5.41, 5.74) is 6.28. The number of likely N-dealkylation sites (tertiary alicyclic amines) is 2. The minimum absolute atomic E-state index is 0.0342. The first-order valence-corrected chi connectivity index (χ1v) is 35.5. The number of para-hydroxylation sites is 4. The number of alkyl carbamates (subject to hydrolysis) is 2. The van der Waals surface area contributed by atoms with Crippen molar-refractivity contribution < 1.29 is 38.2 Å². The Labute approximate surface area is 571 Å². The van der Waals surface area contributed by atoms with Gasteiger partial charge in [0.1, 0.15) is 22.9 Å². The number of nitrogens with zero attached hydrogens (tertiary/aromatic N) is 9. The van der Waals surface area contributed by atoms with E-state index in [4.69, 9.17) is 19.4 Å². The smallest absolute Gasteiger partial charge is 0.407 e. The quantitative estimate of drug-likeness (QED) is 0.0692. The molecule has 10 rings (SSSR count). The Morgan fingerprint density at radius 3 is 1.36 bits per heavy atom. The van der Waals surface area contributed by atoms with Gasteiger partial charge in [-0.2, -0.15) is 0 Å². The molecular weight excluding hydrogens is 1260 g/mol. The topological polar surface area (TPSA) is 209 Å². The van der Waals surface area contributed by atoms with Gasteiger partial charge in [-0.25, -0.2) is 19.6 Å². The van der Waals surface area contributed by atoms with Crippen molar-refractivity contribution in [3.8, 4) is 0 Å². The molecule has 4 aliphatic rings. The van der Waals surface area contributed by atoms with Crippen molar-refractivity contribution in [3.05, 3.63) is 124 Å². The van der Waals surface area contributed by atoms with Crippen LogP contribution in [0.15, 0.2) is 102 Å². The zero-order valence-electron chi connectivity index (χ0n) is 58.1. The van der Waals surface area contributed by atoms with E-state index in [1.54, 1.807) is 13.8 Å². The van der Waals surface area contributed by atoms with Crippen LogP contribution in [0.1, 0.15) is 168 Å². The zero-order valence-corrected chi connectivity index (χ0v) is 59.7. The van der Waals surface area contributed by atoms with Gasteiger partial charge in [-0.05, 0) is 153 Å². The van der Waals surface area contributed by atoms with E-state index in [0.29, 0.717) is 32.5 Å². The van der Waals surface area contributed by atoms with E-state index in [2.05, 4.69) is 120 Å². The van der Waals surface area contributed by atoms with Gasteiger partial charge in [-0.3, -0.25) is 19.2 Å². The number of carbonyl (C=O) groups excluding carboxylic acids is 6. The van der Waals surface area contributed by atoms with Gasteiger partial charge < -0.3 is 59.1 Å². The normalized spacial score (nSPS) is 17.6. The Hall–Kier alpha value is -7.52. The van der Waals surface area contributed by atoms with Crippen LogP contribution in [0.3, 0.4) is 0 Å². The number of nitrogens with one attached hydrogen (secondary N) is 3. The minimum Gasteiger partial charge on any atom is -0.444 e. The molecule has 0 bridgehead atoms. The van der Waals surface area contributed by atoms with E-state index in [-0.39, 0.29) is 54.3 Å². The number of unbranched alkanes of at least 4 members (excludes halogenated alkanes) is 2. The molecule has 20 nitrogen and oxygen atoms in total. The molecule has 4 aliphatic heterocycles. The number of piperidine rings is 2. The Bertz CT molecular complexity index is 3470. The Morgan fingerprint density at radius 2 is 0.958 bits per heavy atom. The molecule has 0 aliphatic carbocycles. The molecule has 0 saturated carbocycles. The summed E-state index contributed by atoms with van der Waals surface area (Å²) in [6.45, 7) is 29.9. The highest BCUT2D eigenvalue weighted by atomic mass is 79.9. The molecule has 4 aromatic carbocycles. The molecule has 0 unspecified atom stereocenters. The molecule has 0 radical (unpaired) electrons. The molecule has 3 N–H and O–H groups in total. The highest BCUT2D eigenvalue weighted by Gasteiger charge is 2.33. The van der Waals surface area contributed by atoms with Crippen LogP contribution < -0.4 is 20.9 Å². The summed E-state index contributed by atoms with van der Waals surface area (Å²) in [5.74, 6) is 2.90. The van der Waals surface area contributed by atoms with Gasteiger partial charge in [0, 0.05) is 152 Å². The van der Waals surface area contributed by atoms with Crippen molar-refractivity contribution in [2.45, 2.75) is 194 Å². The summed E-state index contributed by atoms with van der Waals surface area (Å²) in [7, 11) is 0. The van der Waals surface area contributed by atoms with E-state index < -0.39 is 29.4 Å². The highest BCUT2D eigenvalue weighted by Crippen LogP contribution is 2.33. The van der Waals surface area contributed by atoms with Crippen LogP contribution >= 0.6 is 15.9 Å².